The van der Waals surface area contributed by atoms with Crippen LogP contribution in [0, 0.1) is 5.92 Å². The van der Waals surface area contributed by atoms with E-state index < -0.39 is 5.97 Å². The average Bonchev–Trinajstić information content (AvgIpc) is 2.96. The molecule has 126 valence electrons. The highest BCUT2D eigenvalue weighted by molar-refractivity contribution is 5.70. The number of phenolic OH excluding ortho intramolecular Hbond substituents is 1. The molecule has 0 bridgehead atoms. The van der Waals surface area contributed by atoms with E-state index in [1.54, 1.807) is 0 Å². The normalized spacial score (nSPS) is 24.1. The second-order valence-corrected chi connectivity index (χ2v) is 6.79. The fraction of sp³-hybridized carbons (Fsp3) is 0.611. The Morgan fingerprint density at radius 3 is 2.65 bits per heavy atom. The molecule has 2 fully saturated rings. The van der Waals surface area contributed by atoms with Crippen molar-refractivity contribution >= 4 is 5.97 Å². The van der Waals surface area contributed by atoms with Crippen molar-refractivity contribution in [1.82, 2.24) is 4.90 Å². The van der Waals surface area contributed by atoms with E-state index in [9.17, 15) is 9.90 Å². The smallest absolute Gasteiger partial charge is 0.308 e. The minimum absolute atomic E-state index is 0.243. The van der Waals surface area contributed by atoms with Gasteiger partial charge < -0.3 is 14.9 Å². The van der Waals surface area contributed by atoms with E-state index in [2.05, 4.69) is 4.90 Å². The molecule has 0 radical (unpaired) electrons. The summed E-state index contributed by atoms with van der Waals surface area (Å²) in [6, 6.07) is 5.94. The zero-order chi connectivity index (χ0) is 16.4. The highest BCUT2D eigenvalue weighted by Gasteiger charge is 2.44. The maximum Gasteiger partial charge on any atom is 0.308 e. The van der Waals surface area contributed by atoms with Crippen LogP contribution < -0.4 is 0 Å². The van der Waals surface area contributed by atoms with Gasteiger partial charge in [0.2, 0.25) is 0 Å². The standard InChI is InChI=1S/C18H25NO4/c1-2-13-4-3-5-14(16(13)20)11-19-8-6-18(7-9-19)10-15(12-23-18)17(21)22/h3-5,15,20H,2,6-12H2,1H3,(H,21,22). The topological polar surface area (TPSA) is 70.0 Å². The number of hydrogen-bond donors (Lipinski definition) is 2. The molecule has 2 aliphatic heterocycles. The largest absolute Gasteiger partial charge is 0.507 e. The van der Waals surface area contributed by atoms with Crippen molar-refractivity contribution in [2.75, 3.05) is 19.7 Å². The van der Waals surface area contributed by atoms with E-state index >= 15 is 0 Å². The number of rotatable bonds is 4. The van der Waals surface area contributed by atoms with Crippen LogP contribution in [0.15, 0.2) is 18.2 Å². The van der Waals surface area contributed by atoms with Crippen LogP contribution in [0.5, 0.6) is 5.75 Å². The molecule has 1 aromatic carbocycles. The van der Waals surface area contributed by atoms with Crippen molar-refractivity contribution < 1.29 is 19.7 Å². The molecule has 23 heavy (non-hydrogen) atoms. The number of phenols is 1. The Morgan fingerprint density at radius 2 is 2.04 bits per heavy atom. The van der Waals surface area contributed by atoms with Crippen LogP contribution in [0.4, 0.5) is 0 Å². The van der Waals surface area contributed by atoms with E-state index in [1.165, 1.54) is 0 Å². The average molecular weight is 319 g/mol. The van der Waals surface area contributed by atoms with Crippen LogP contribution in [0.2, 0.25) is 0 Å². The van der Waals surface area contributed by atoms with Gasteiger partial charge in [-0.3, -0.25) is 9.69 Å². The summed E-state index contributed by atoms with van der Waals surface area (Å²) >= 11 is 0. The first-order valence-electron chi connectivity index (χ1n) is 8.42. The Morgan fingerprint density at radius 1 is 1.35 bits per heavy atom. The number of para-hydroxylation sites is 1. The SMILES string of the molecule is CCc1cccc(CN2CCC3(CC2)CC(C(=O)O)CO3)c1O. The zero-order valence-electron chi connectivity index (χ0n) is 13.6. The first-order valence-corrected chi connectivity index (χ1v) is 8.42. The summed E-state index contributed by atoms with van der Waals surface area (Å²) < 4.78 is 5.86. The van der Waals surface area contributed by atoms with Gasteiger partial charge in [-0.25, -0.2) is 0 Å². The van der Waals surface area contributed by atoms with Gasteiger partial charge in [0.15, 0.2) is 0 Å². The number of carboxylic acids is 1. The number of aliphatic carboxylic acids is 1. The Bertz CT molecular complexity index is 578. The Labute approximate surface area is 136 Å². The van der Waals surface area contributed by atoms with E-state index in [0.717, 1.165) is 50.0 Å². The van der Waals surface area contributed by atoms with Crippen molar-refractivity contribution in [2.45, 2.75) is 44.8 Å². The molecular weight excluding hydrogens is 294 g/mol. The summed E-state index contributed by atoms with van der Waals surface area (Å²) in [5, 5.41) is 19.4. The van der Waals surface area contributed by atoms with Crippen molar-refractivity contribution in [3.63, 3.8) is 0 Å². The van der Waals surface area contributed by atoms with E-state index in [4.69, 9.17) is 9.84 Å². The Balaban J connectivity index is 1.59. The number of carboxylic acid groups (broad SMARTS) is 1. The summed E-state index contributed by atoms with van der Waals surface area (Å²) in [5.74, 6) is -0.684. The molecule has 0 aliphatic carbocycles. The number of aryl methyl sites for hydroxylation is 1. The second kappa shape index (κ2) is 6.49. The lowest BCUT2D eigenvalue weighted by molar-refractivity contribution is -0.141. The van der Waals surface area contributed by atoms with Crippen LogP contribution >= 0.6 is 0 Å². The van der Waals surface area contributed by atoms with Gasteiger partial charge in [0.05, 0.1) is 18.1 Å². The van der Waals surface area contributed by atoms with E-state index in [0.29, 0.717) is 18.8 Å². The summed E-state index contributed by atoms with van der Waals surface area (Å²) in [7, 11) is 0. The summed E-state index contributed by atoms with van der Waals surface area (Å²) in [6.45, 7) is 4.87. The van der Waals surface area contributed by atoms with Gasteiger partial charge in [0, 0.05) is 25.2 Å². The first-order chi connectivity index (χ1) is 11.0. The van der Waals surface area contributed by atoms with Gasteiger partial charge in [0.1, 0.15) is 5.75 Å². The van der Waals surface area contributed by atoms with Crippen LogP contribution in [-0.2, 0) is 22.5 Å². The van der Waals surface area contributed by atoms with Crippen LogP contribution in [0.3, 0.4) is 0 Å². The molecule has 2 aliphatic rings. The molecule has 2 heterocycles. The Kier molecular flexibility index (Phi) is 4.60. The number of hydrogen-bond acceptors (Lipinski definition) is 4. The number of piperidine rings is 1. The number of nitrogens with zero attached hydrogens (tertiary/aromatic N) is 1. The third-order valence-corrected chi connectivity index (χ3v) is 5.30. The lowest BCUT2D eigenvalue weighted by atomic mass is 9.85. The lowest BCUT2D eigenvalue weighted by Crippen LogP contribution is -2.43. The summed E-state index contributed by atoms with van der Waals surface area (Å²) in [6.07, 6.45) is 3.19. The van der Waals surface area contributed by atoms with Gasteiger partial charge in [0.25, 0.3) is 0 Å². The summed E-state index contributed by atoms with van der Waals surface area (Å²) in [5.41, 5.74) is 1.71. The van der Waals surface area contributed by atoms with Gasteiger partial charge >= 0.3 is 5.97 Å². The van der Waals surface area contributed by atoms with Gasteiger partial charge in [-0.2, -0.15) is 0 Å². The molecule has 5 heteroatoms. The lowest BCUT2D eigenvalue weighted by Gasteiger charge is -2.38. The molecule has 2 N–H and O–H groups in total. The highest BCUT2D eigenvalue weighted by atomic mass is 16.5. The monoisotopic (exact) mass is 319 g/mol. The van der Waals surface area contributed by atoms with Crippen molar-refractivity contribution in [2.24, 2.45) is 5.92 Å². The predicted molar refractivity (Wildman–Crippen MR) is 86.4 cm³/mol. The van der Waals surface area contributed by atoms with Crippen molar-refractivity contribution in [1.29, 1.82) is 0 Å². The third kappa shape index (κ3) is 3.35. The quantitative estimate of drug-likeness (QED) is 0.892. The molecule has 5 nitrogen and oxygen atoms in total. The molecule has 2 saturated heterocycles. The molecule has 1 spiro atoms. The molecule has 3 rings (SSSR count). The van der Waals surface area contributed by atoms with E-state index in [1.807, 2.05) is 25.1 Å². The fourth-order valence-corrected chi connectivity index (χ4v) is 3.77. The zero-order valence-corrected chi connectivity index (χ0v) is 13.6. The van der Waals surface area contributed by atoms with E-state index in [-0.39, 0.29) is 11.5 Å². The minimum atomic E-state index is -0.745. The van der Waals surface area contributed by atoms with Crippen molar-refractivity contribution in [3.8, 4) is 5.75 Å². The maximum absolute atomic E-state index is 11.1. The molecule has 0 amide bonds. The number of benzene rings is 1. The van der Waals surface area contributed by atoms with Crippen LogP contribution in [-0.4, -0.2) is 46.4 Å². The van der Waals surface area contributed by atoms with Crippen molar-refractivity contribution in [3.05, 3.63) is 29.3 Å². The van der Waals surface area contributed by atoms with Gasteiger partial charge in [-0.05, 0) is 31.2 Å². The number of likely N-dealkylation sites (tertiary alicyclic amines) is 1. The van der Waals surface area contributed by atoms with Crippen LogP contribution in [0.25, 0.3) is 0 Å². The molecular formula is C18H25NO4. The molecule has 0 aromatic heterocycles. The first kappa shape index (κ1) is 16.3. The molecule has 1 aromatic rings. The fourth-order valence-electron chi connectivity index (χ4n) is 3.77. The number of ether oxygens (including phenoxy) is 1. The molecule has 1 atom stereocenters. The van der Waals surface area contributed by atoms with Gasteiger partial charge in [-0.1, -0.05) is 25.1 Å². The maximum atomic E-state index is 11.1. The second-order valence-electron chi connectivity index (χ2n) is 6.79. The predicted octanol–water partition coefficient (Wildman–Crippen LogP) is 2.41. The highest BCUT2D eigenvalue weighted by Crippen LogP contribution is 2.39. The molecule has 0 saturated carbocycles. The minimum Gasteiger partial charge on any atom is -0.507 e. The Hall–Kier alpha value is -1.59. The third-order valence-electron chi connectivity index (χ3n) is 5.30. The molecule has 1 unspecified atom stereocenters. The number of aromatic hydroxyl groups is 1. The van der Waals surface area contributed by atoms with Gasteiger partial charge in [-0.15, -0.1) is 0 Å². The van der Waals surface area contributed by atoms with Crippen LogP contribution in [0.1, 0.15) is 37.3 Å². The summed E-state index contributed by atoms with van der Waals surface area (Å²) in [4.78, 5) is 13.4. The number of carbonyl (C=O) groups is 1.